The first-order valence-corrected chi connectivity index (χ1v) is 6.08. The number of halogens is 1. The average molecular weight is 255 g/mol. The van der Waals surface area contributed by atoms with Crippen LogP contribution in [0.1, 0.15) is 18.5 Å². The molecule has 0 bridgehead atoms. The Bertz CT molecular complexity index is 393. The van der Waals surface area contributed by atoms with Gasteiger partial charge in [-0.05, 0) is 25.9 Å². The fourth-order valence-corrected chi connectivity index (χ4v) is 2.04. The number of rotatable bonds is 3. The first-order valence-electron chi connectivity index (χ1n) is 5.70. The zero-order chi connectivity index (χ0) is 12.1. The molecule has 6 heteroatoms. The molecule has 1 saturated heterocycles. The number of carbonyl (C=O) groups is 1. The molecule has 2 N–H and O–H groups in total. The summed E-state index contributed by atoms with van der Waals surface area (Å²) >= 11 is 5.71. The van der Waals surface area contributed by atoms with Crippen molar-refractivity contribution in [1.29, 1.82) is 0 Å². The van der Waals surface area contributed by atoms with Gasteiger partial charge in [-0.1, -0.05) is 11.6 Å². The maximum Gasteiger partial charge on any atom is 0.223 e. The maximum atomic E-state index is 11.8. The lowest BCUT2D eigenvalue weighted by Crippen LogP contribution is -2.38. The van der Waals surface area contributed by atoms with E-state index < -0.39 is 0 Å². The topological polar surface area (TPSA) is 66.9 Å². The van der Waals surface area contributed by atoms with Crippen molar-refractivity contribution in [2.75, 3.05) is 13.1 Å². The lowest BCUT2D eigenvalue weighted by molar-refractivity contribution is -0.125. The lowest BCUT2D eigenvalue weighted by Gasteiger charge is -2.21. The second-order valence-corrected chi connectivity index (χ2v) is 4.46. The molecule has 0 aromatic carbocycles. The predicted molar refractivity (Wildman–Crippen MR) is 64.5 cm³/mol. The molecule has 1 aromatic heterocycles. The Morgan fingerprint density at radius 2 is 2.24 bits per heavy atom. The standard InChI is InChI=1S/C11H15ClN4O/c12-10-7-14-5-9(16-10)6-15-11(17)8-1-3-13-4-2-8/h5,7-8,13H,1-4,6H2,(H,15,17). The maximum absolute atomic E-state index is 11.8. The van der Waals surface area contributed by atoms with Crippen molar-refractivity contribution in [3.63, 3.8) is 0 Å². The monoisotopic (exact) mass is 254 g/mol. The van der Waals surface area contributed by atoms with E-state index in [1.165, 1.54) is 6.20 Å². The summed E-state index contributed by atoms with van der Waals surface area (Å²) in [6.07, 6.45) is 4.87. The molecule has 5 nitrogen and oxygen atoms in total. The Labute approximate surface area is 105 Å². The van der Waals surface area contributed by atoms with Crippen LogP contribution in [-0.4, -0.2) is 29.0 Å². The molecule has 0 saturated carbocycles. The summed E-state index contributed by atoms with van der Waals surface area (Å²) in [5.41, 5.74) is 0.680. The Hall–Kier alpha value is -1.20. The smallest absolute Gasteiger partial charge is 0.223 e. The van der Waals surface area contributed by atoms with Crippen LogP contribution < -0.4 is 10.6 Å². The SMILES string of the molecule is O=C(NCc1cncc(Cl)n1)C1CCNCC1. The van der Waals surface area contributed by atoms with Gasteiger partial charge >= 0.3 is 0 Å². The number of carbonyl (C=O) groups excluding carboxylic acids is 1. The molecular weight excluding hydrogens is 240 g/mol. The zero-order valence-corrected chi connectivity index (χ0v) is 10.2. The van der Waals surface area contributed by atoms with E-state index >= 15 is 0 Å². The van der Waals surface area contributed by atoms with Crippen LogP contribution in [0, 0.1) is 5.92 Å². The van der Waals surface area contributed by atoms with Crippen molar-refractivity contribution in [3.8, 4) is 0 Å². The van der Waals surface area contributed by atoms with Gasteiger partial charge in [-0.15, -0.1) is 0 Å². The van der Waals surface area contributed by atoms with Gasteiger partial charge in [0.1, 0.15) is 5.15 Å². The highest BCUT2D eigenvalue weighted by Gasteiger charge is 2.20. The van der Waals surface area contributed by atoms with Gasteiger partial charge < -0.3 is 10.6 Å². The molecule has 0 aliphatic carbocycles. The number of nitrogens with zero attached hydrogens (tertiary/aromatic N) is 2. The van der Waals surface area contributed by atoms with Crippen LogP contribution >= 0.6 is 11.6 Å². The van der Waals surface area contributed by atoms with Crippen molar-refractivity contribution in [1.82, 2.24) is 20.6 Å². The van der Waals surface area contributed by atoms with E-state index in [4.69, 9.17) is 11.6 Å². The lowest BCUT2D eigenvalue weighted by atomic mass is 9.97. The first kappa shape index (κ1) is 12.3. The summed E-state index contributed by atoms with van der Waals surface area (Å²) in [6.45, 7) is 2.21. The number of nitrogens with one attached hydrogen (secondary N) is 2. The van der Waals surface area contributed by atoms with Crippen LogP contribution in [-0.2, 0) is 11.3 Å². The molecule has 17 heavy (non-hydrogen) atoms. The van der Waals surface area contributed by atoms with E-state index in [-0.39, 0.29) is 11.8 Å². The summed E-state index contributed by atoms with van der Waals surface area (Å²) in [6, 6.07) is 0. The summed E-state index contributed by atoms with van der Waals surface area (Å²) in [5.74, 6) is 0.205. The zero-order valence-electron chi connectivity index (χ0n) is 9.45. The molecule has 2 heterocycles. The molecule has 1 fully saturated rings. The normalized spacial score (nSPS) is 16.8. The minimum atomic E-state index is 0.0910. The molecule has 1 amide bonds. The highest BCUT2D eigenvalue weighted by Crippen LogP contribution is 2.11. The fraction of sp³-hybridized carbons (Fsp3) is 0.545. The highest BCUT2D eigenvalue weighted by molar-refractivity contribution is 6.29. The van der Waals surface area contributed by atoms with Crippen molar-refractivity contribution in [3.05, 3.63) is 23.2 Å². The summed E-state index contributed by atoms with van der Waals surface area (Å²) < 4.78 is 0. The molecule has 1 aliphatic heterocycles. The predicted octanol–water partition coefficient (Wildman–Crippen LogP) is 0.746. The number of hydrogen-bond donors (Lipinski definition) is 2. The molecule has 1 aromatic rings. The van der Waals surface area contributed by atoms with Crippen LogP contribution in [0.25, 0.3) is 0 Å². The van der Waals surface area contributed by atoms with E-state index in [0.717, 1.165) is 25.9 Å². The molecule has 2 rings (SSSR count). The van der Waals surface area contributed by atoms with Gasteiger partial charge in [-0.2, -0.15) is 0 Å². The molecular formula is C11H15ClN4O. The Balaban J connectivity index is 1.83. The molecule has 0 spiro atoms. The molecule has 92 valence electrons. The van der Waals surface area contributed by atoms with E-state index in [9.17, 15) is 4.79 Å². The number of aromatic nitrogens is 2. The number of hydrogen-bond acceptors (Lipinski definition) is 4. The number of piperidine rings is 1. The van der Waals surface area contributed by atoms with Crippen molar-refractivity contribution in [2.24, 2.45) is 5.92 Å². The molecule has 0 unspecified atom stereocenters. The van der Waals surface area contributed by atoms with E-state index in [2.05, 4.69) is 20.6 Å². The summed E-state index contributed by atoms with van der Waals surface area (Å²) in [4.78, 5) is 19.8. The van der Waals surface area contributed by atoms with Crippen molar-refractivity contribution < 1.29 is 4.79 Å². The fourth-order valence-electron chi connectivity index (χ4n) is 1.87. The third-order valence-corrected chi connectivity index (χ3v) is 2.99. The van der Waals surface area contributed by atoms with Crippen LogP contribution in [0.5, 0.6) is 0 Å². The van der Waals surface area contributed by atoms with Gasteiger partial charge in [0.2, 0.25) is 5.91 Å². The van der Waals surface area contributed by atoms with Crippen molar-refractivity contribution in [2.45, 2.75) is 19.4 Å². The second-order valence-electron chi connectivity index (χ2n) is 4.08. The summed E-state index contributed by atoms with van der Waals surface area (Å²) in [5, 5.41) is 6.45. The van der Waals surface area contributed by atoms with Crippen LogP contribution in [0.2, 0.25) is 5.15 Å². The van der Waals surface area contributed by atoms with E-state index in [1.54, 1.807) is 6.20 Å². The van der Waals surface area contributed by atoms with Gasteiger partial charge in [-0.25, -0.2) is 4.98 Å². The third kappa shape index (κ3) is 3.64. The van der Waals surface area contributed by atoms with Crippen LogP contribution in [0.4, 0.5) is 0 Å². The largest absolute Gasteiger partial charge is 0.350 e. The minimum Gasteiger partial charge on any atom is -0.350 e. The van der Waals surface area contributed by atoms with Gasteiger partial charge in [0.15, 0.2) is 0 Å². The molecule has 0 atom stereocenters. The Morgan fingerprint density at radius 1 is 1.47 bits per heavy atom. The van der Waals surface area contributed by atoms with E-state index in [1.807, 2.05) is 0 Å². The quantitative estimate of drug-likeness (QED) is 0.835. The highest BCUT2D eigenvalue weighted by atomic mass is 35.5. The van der Waals surface area contributed by atoms with Crippen LogP contribution in [0.3, 0.4) is 0 Å². The summed E-state index contributed by atoms with van der Waals surface area (Å²) in [7, 11) is 0. The average Bonchev–Trinajstić information content (AvgIpc) is 2.37. The second kappa shape index (κ2) is 5.93. The van der Waals surface area contributed by atoms with Crippen LogP contribution in [0.15, 0.2) is 12.4 Å². The van der Waals surface area contributed by atoms with Gasteiger partial charge in [-0.3, -0.25) is 9.78 Å². The third-order valence-electron chi connectivity index (χ3n) is 2.81. The Kier molecular flexibility index (Phi) is 4.28. The van der Waals surface area contributed by atoms with Crippen molar-refractivity contribution >= 4 is 17.5 Å². The van der Waals surface area contributed by atoms with Gasteiger partial charge in [0.05, 0.1) is 24.6 Å². The minimum absolute atomic E-state index is 0.0910. The molecule has 0 radical (unpaired) electrons. The Morgan fingerprint density at radius 3 is 2.94 bits per heavy atom. The van der Waals surface area contributed by atoms with Gasteiger partial charge in [0.25, 0.3) is 0 Å². The van der Waals surface area contributed by atoms with E-state index in [0.29, 0.717) is 17.4 Å². The van der Waals surface area contributed by atoms with Gasteiger partial charge in [0, 0.05) is 5.92 Å². The first-order chi connectivity index (χ1) is 8.25. The molecule has 1 aliphatic rings. The number of amides is 1.